The summed E-state index contributed by atoms with van der Waals surface area (Å²) in [5.74, 6) is -0.429. The molecule has 0 spiro atoms. The van der Waals surface area contributed by atoms with E-state index in [0.29, 0.717) is 5.57 Å². The molecule has 1 atom stereocenters. The van der Waals surface area contributed by atoms with Crippen molar-refractivity contribution in [2.24, 2.45) is 0 Å². The molecule has 0 fully saturated rings. The molecule has 0 aliphatic rings. The fourth-order valence-corrected chi connectivity index (χ4v) is 0.680. The van der Waals surface area contributed by atoms with Gasteiger partial charge in [-0.2, -0.15) is 0 Å². The SMILES string of the molecule is C=C(C)C(=O)OC(C)OC=CCCC. The summed E-state index contributed by atoms with van der Waals surface area (Å²) in [5, 5.41) is 0. The third kappa shape index (κ3) is 6.29. The van der Waals surface area contributed by atoms with Crippen molar-refractivity contribution >= 4 is 5.97 Å². The van der Waals surface area contributed by atoms with E-state index in [4.69, 9.17) is 9.47 Å². The maximum atomic E-state index is 11.0. The van der Waals surface area contributed by atoms with Gasteiger partial charge in [-0.15, -0.1) is 0 Å². The first kappa shape index (κ1) is 12.8. The first-order chi connectivity index (χ1) is 6.57. The first-order valence-corrected chi connectivity index (χ1v) is 4.74. The predicted molar refractivity (Wildman–Crippen MR) is 55.5 cm³/mol. The highest BCUT2D eigenvalue weighted by Gasteiger charge is 2.08. The van der Waals surface area contributed by atoms with Gasteiger partial charge < -0.3 is 9.47 Å². The van der Waals surface area contributed by atoms with Crippen LogP contribution < -0.4 is 0 Å². The summed E-state index contributed by atoms with van der Waals surface area (Å²) in [5.41, 5.74) is 0.373. The number of esters is 1. The van der Waals surface area contributed by atoms with Gasteiger partial charge in [0.1, 0.15) is 0 Å². The smallest absolute Gasteiger partial charge is 0.336 e. The Kier molecular flexibility index (Phi) is 6.54. The molecule has 3 heteroatoms. The molecular formula is C11H18O3. The number of hydrogen-bond donors (Lipinski definition) is 0. The molecule has 0 aromatic heterocycles. The fraction of sp³-hybridized carbons (Fsp3) is 0.545. The maximum Gasteiger partial charge on any atom is 0.336 e. The Hall–Kier alpha value is -1.25. The number of carbonyl (C=O) groups is 1. The van der Waals surface area contributed by atoms with Gasteiger partial charge in [0.25, 0.3) is 0 Å². The summed E-state index contributed by atoms with van der Waals surface area (Å²) in [6.07, 6.45) is 4.92. The van der Waals surface area contributed by atoms with Crippen molar-refractivity contribution in [2.45, 2.75) is 39.9 Å². The van der Waals surface area contributed by atoms with Crippen molar-refractivity contribution in [1.29, 1.82) is 0 Å². The molecule has 0 aliphatic heterocycles. The normalized spacial score (nSPS) is 12.5. The Morgan fingerprint density at radius 3 is 2.71 bits per heavy atom. The molecule has 0 heterocycles. The van der Waals surface area contributed by atoms with Gasteiger partial charge in [0.05, 0.1) is 6.26 Å². The van der Waals surface area contributed by atoms with Crippen molar-refractivity contribution in [3.8, 4) is 0 Å². The third-order valence-corrected chi connectivity index (χ3v) is 1.44. The average Bonchev–Trinajstić information content (AvgIpc) is 2.12. The largest absolute Gasteiger partial charge is 0.463 e. The number of ether oxygens (including phenoxy) is 2. The van der Waals surface area contributed by atoms with Gasteiger partial charge in [0, 0.05) is 12.5 Å². The van der Waals surface area contributed by atoms with E-state index < -0.39 is 12.3 Å². The van der Waals surface area contributed by atoms with Crippen LogP contribution in [0, 0.1) is 0 Å². The molecule has 0 aromatic rings. The molecule has 0 saturated carbocycles. The van der Waals surface area contributed by atoms with Crippen LogP contribution in [0.5, 0.6) is 0 Å². The summed E-state index contributed by atoms with van der Waals surface area (Å²) >= 11 is 0. The number of hydrogen-bond acceptors (Lipinski definition) is 3. The second-order valence-electron chi connectivity index (χ2n) is 3.05. The van der Waals surface area contributed by atoms with Crippen LogP contribution >= 0.6 is 0 Å². The van der Waals surface area contributed by atoms with Crippen LogP contribution in [0.1, 0.15) is 33.6 Å². The van der Waals surface area contributed by atoms with Gasteiger partial charge in [0.15, 0.2) is 0 Å². The minimum absolute atomic E-state index is 0.373. The third-order valence-electron chi connectivity index (χ3n) is 1.44. The van der Waals surface area contributed by atoms with Crippen molar-refractivity contribution in [3.63, 3.8) is 0 Å². The topological polar surface area (TPSA) is 35.5 Å². The zero-order valence-corrected chi connectivity index (χ0v) is 9.08. The molecule has 0 amide bonds. The second kappa shape index (κ2) is 7.18. The van der Waals surface area contributed by atoms with Crippen LogP contribution in [0.2, 0.25) is 0 Å². The van der Waals surface area contributed by atoms with Gasteiger partial charge >= 0.3 is 5.97 Å². The molecule has 0 aromatic carbocycles. The number of allylic oxidation sites excluding steroid dienone is 1. The van der Waals surface area contributed by atoms with Crippen LogP contribution in [0.25, 0.3) is 0 Å². The zero-order valence-electron chi connectivity index (χ0n) is 9.08. The van der Waals surface area contributed by atoms with E-state index in [-0.39, 0.29) is 0 Å². The van der Waals surface area contributed by atoms with E-state index in [9.17, 15) is 4.79 Å². The highest BCUT2D eigenvalue weighted by molar-refractivity contribution is 5.86. The minimum atomic E-state index is -0.563. The molecular weight excluding hydrogens is 180 g/mol. The van der Waals surface area contributed by atoms with Gasteiger partial charge in [-0.25, -0.2) is 4.79 Å². The van der Waals surface area contributed by atoms with Crippen LogP contribution in [0.15, 0.2) is 24.5 Å². The van der Waals surface area contributed by atoms with Crippen molar-refractivity contribution < 1.29 is 14.3 Å². The predicted octanol–water partition coefficient (Wildman–Crippen LogP) is 2.78. The summed E-state index contributed by atoms with van der Waals surface area (Å²) in [6, 6.07) is 0. The van der Waals surface area contributed by atoms with Crippen molar-refractivity contribution in [3.05, 3.63) is 24.5 Å². The number of carbonyl (C=O) groups excluding carboxylic acids is 1. The molecule has 0 saturated heterocycles. The van der Waals surface area contributed by atoms with E-state index in [2.05, 4.69) is 13.5 Å². The van der Waals surface area contributed by atoms with Gasteiger partial charge in [-0.1, -0.05) is 19.9 Å². The van der Waals surface area contributed by atoms with Gasteiger partial charge in [-0.3, -0.25) is 0 Å². The summed E-state index contributed by atoms with van der Waals surface area (Å²) < 4.78 is 9.98. The Labute approximate surface area is 85.4 Å². The van der Waals surface area contributed by atoms with Crippen LogP contribution in [-0.2, 0) is 14.3 Å². The Morgan fingerprint density at radius 2 is 2.21 bits per heavy atom. The van der Waals surface area contributed by atoms with Crippen LogP contribution in [-0.4, -0.2) is 12.3 Å². The lowest BCUT2D eigenvalue weighted by atomic mass is 10.3. The molecule has 0 bridgehead atoms. The zero-order chi connectivity index (χ0) is 11.0. The lowest BCUT2D eigenvalue weighted by Crippen LogP contribution is -2.16. The lowest BCUT2D eigenvalue weighted by Gasteiger charge is -2.11. The highest BCUT2D eigenvalue weighted by Crippen LogP contribution is 2.00. The minimum Gasteiger partial charge on any atom is -0.463 e. The van der Waals surface area contributed by atoms with Crippen LogP contribution in [0.3, 0.4) is 0 Å². The molecule has 80 valence electrons. The molecule has 3 nitrogen and oxygen atoms in total. The standard InChI is InChI=1S/C11H18O3/c1-5-6-7-8-13-10(4)14-11(12)9(2)3/h7-8,10H,2,5-6H2,1,3-4H3. The quantitative estimate of drug-likeness (QED) is 0.285. The maximum absolute atomic E-state index is 11.0. The molecule has 1 unspecified atom stereocenters. The van der Waals surface area contributed by atoms with Gasteiger partial charge in [0.2, 0.25) is 6.29 Å². The summed E-state index contributed by atoms with van der Waals surface area (Å²) in [6.45, 7) is 8.81. The summed E-state index contributed by atoms with van der Waals surface area (Å²) in [4.78, 5) is 11.0. The highest BCUT2D eigenvalue weighted by atomic mass is 16.7. The Bertz CT molecular complexity index is 219. The van der Waals surface area contributed by atoms with Crippen molar-refractivity contribution in [2.75, 3.05) is 0 Å². The number of unbranched alkanes of at least 4 members (excludes halogenated alkanes) is 1. The van der Waals surface area contributed by atoms with Crippen molar-refractivity contribution in [1.82, 2.24) is 0 Å². The first-order valence-electron chi connectivity index (χ1n) is 4.74. The lowest BCUT2D eigenvalue weighted by molar-refractivity contribution is -0.160. The van der Waals surface area contributed by atoms with E-state index >= 15 is 0 Å². The summed E-state index contributed by atoms with van der Waals surface area (Å²) in [7, 11) is 0. The van der Waals surface area contributed by atoms with E-state index in [0.717, 1.165) is 12.8 Å². The Morgan fingerprint density at radius 1 is 1.57 bits per heavy atom. The van der Waals surface area contributed by atoms with E-state index in [1.807, 2.05) is 6.08 Å². The fourth-order valence-electron chi connectivity index (χ4n) is 0.680. The molecule has 14 heavy (non-hydrogen) atoms. The second-order valence-corrected chi connectivity index (χ2v) is 3.05. The van der Waals surface area contributed by atoms with E-state index in [1.54, 1.807) is 20.1 Å². The molecule has 0 aliphatic carbocycles. The average molecular weight is 198 g/mol. The van der Waals surface area contributed by atoms with E-state index in [1.165, 1.54) is 0 Å². The monoisotopic (exact) mass is 198 g/mol. The molecule has 0 radical (unpaired) electrons. The van der Waals surface area contributed by atoms with Gasteiger partial charge in [-0.05, 0) is 19.4 Å². The molecule has 0 rings (SSSR count). The number of rotatable bonds is 6. The Balaban J connectivity index is 3.70. The van der Waals surface area contributed by atoms with Crippen LogP contribution in [0.4, 0.5) is 0 Å². The molecule has 0 N–H and O–H groups in total.